The van der Waals surface area contributed by atoms with Gasteiger partial charge in [0, 0.05) is 17.8 Å². The lowest BCUT2D eigenvalue weighted by Crippen LogP contribution is -2.05. The van der Waals surface area contributed by atoms with Crippen molar-refractivity contribution in [3.05, 3.63) is 83.1 Å². The second-order valence-corrected chi connectivity index (χ2v) is 7.01. The molecular weight excluding hydrogens is 396 g/mol. The van der Waals surface area contributed by atoms with Gasteiger partial charge in [-0.05, 0) is 36.8 Å². The molecule has 4 heterocycles. The third-order valence-electron chi connectivity index (χ3n) is 5.06. The first-order valence-electron chi connectivity index (χ1n) is 9.77. The lowest BCUT2D eigenvalue weighted by Gasteiger charge is -2.08. The Balaban J connectivity index is 1.54. The van der Waals surface area contributed by atoms with Crippen molar-refractivity contribution in [2.45, 2.75) is 13.5 Å². The van der Waals surface area contributed by atoms with E-state index in [-0.39, 0.29) is 5.69 Å². The Hall–Kier alpha value is -4.27. The smallest absolute Gasteiger partial charge is 0.286 e. The normalized spacial score (nSPS) is 11.3. The molecule has 4 aromatic heterocycles. The van der Waals surface area contributed by atoms with E-state index in [1.54, 1.807) is 22.9 Å². The average Bonchev–Trinajstić information content (AvgIpc) is 3.38. The van der Waals surface area contributed by atoms with Crippen molar-refractivity contribution in [1.29, 1.82) is 0 Å². The third kappa shape index (κ3) is 3.46. The maximum absolute atomic E-state index is 11.1. The number of benzene rings is 1. The molecule has 9 heteroatoms. The molecule has 0 saturated heterocycles. The summed E-state index contributed by atoms with van der Waals surface area (Å²) in [5.41, 5.74) is 5.01. The SMILES string of the molecule is CCOc1cccc(-c2cnc3cnn(Cc4cnc5ccc([N+](=O)[O-])cn45)c3c2)c1. The number of imidazole rings is 1. The van der Waals surface area contributed by atoms with Crippen LogP contribution in [-0.2, 0) is 6.54 Å². The number of nitro groups is 1. The van der Waals surface area contributed by atoms with Crippen molar-refractivity contribution in [2.24, 2.45) is 0 Å². The van der Waals surface area contributed by atoms with Gasteiger partial charge in [-0.1, -0.05) is 12.1 Å². The summed E-state index contributed by atoms with van der Waals surface area (Å²) in [6.07, 6.45) is 6.71. The predicted molar refractivity (Wildman–Crippen MR) is 115 cm³/mol. The Labute approximate surface area is 176 Å². The number of rotatable bonds is 6. The van der Waals surface area contributed by atoms with Crippen LogP contribution in [0.15, 0.2) is 67.3 Å². The zero-order chi connectivity index (χ0) is 21.4. The quantitative estimate of drug-likeness (QED) is 0.306. The predicted octanol–water partition coefficient (Wildman–Crippen LogP) is 4.10. The summed E-state index contributed by atoms with van der Waals surface area (Å²) in [4.78, 5) is 19.6. The largest absolute Gasteiger partial charge is 0.494 e. The van der Waals surface area contributed by atoms with Gasteiger partial charge in [-0.15, -0.1) is 0 Å². The van der Waals surface area contributed by atoms with Crippen molar-refractivity contribution >= 4 is 22.4 Å². The summed E-state index contributed by atoms with van der Waals surface area (Å²) < 4.78 is 9.14. The maximum atomic E-state index is 11.1. The molecule has 0 bridgehead atoms. The van der Waals surface area contributed by atoms with Gasteiger partial charge in [0.1, 0.15) is 16.9 Å². The molecule has 0 aliphatic rings. The van der Waals surface area contributed by atoms with Crippen molar-refractivity contribution in [3.63, 3.8) is 0 Å². The van der Waals surface area contributed by atoms with Crippen molar-refractivity contribution < 1.29 is 9.66 Å². The molecule has 5 aromatic rings. The van der Waals surface area contributed by atoms with Crippen LogP contribution in [0.2, 0.25) is 0 Å². The molecule has 9 nitrogen and oxygen atoms in total. The van der Waals surface area contributed by atoms with E-state index in [9.17, 15) is 10.1 Å². The van der Waals surface area contributed by atoms with Gasteiger partial charge in [0.2, 0.25) is 0 Å². The zero-order valence-corrected chi connectivity index (χ0v) is 16.7. The summed E-state index contributed by atoms with van der Waals surface area (Å²) in [5, 5.41) is 15.6. The molecule has 0 saturated carbocycles. The monoisotopic (exact) mass is 414 g/mol. The molecule has 0 atom stereocenters. The van der Waals surface area contributed by atoms with E-state index in [0.717, 1.165) is 33.6 Å². The molecule has 0 aliphatic heterocycles. The highest BCUT2D eigenvalue weighted by Crippen LogP contribution is 2.26. The molecule has 0 radical (unpaired) electrons. The Bertz CT molecular complexity index is 1420. The van der Waals surface area contributed by atoms with E-state index in [1.807, 2.05) is 48.1 Å². The van der Waals surface area contributed by atoms with Crippen molar-refractivity contribution in [3.8, 4) is 16.9 Å². The summed E-state index contributed by atoms with van der Waals surface area (Å²) >= 11 is 0. The van der Waals surface area contributed by atoms with Gasteiger partial charge >= 0.3 is 0 Å². The molecule has 0 N–H and O–H groups in total. The Morgan fingerprint density at radius 2 is 1.97 bits per heavy atom. The average molecular weight is 414 g/mol. The number of pyridine rings is 2. The van der Waals surface area contributed by atoms with Crippen molar-refractivity contribution in [2.75, 3.05) is 6.61 Å². The van der Waals surface area contributed by atoms with E-state index in [1.165, 1.54) is 12.3 Å². The van der Waals surface area contributed by atoms with Gasteiger partial charge in [0.05, 0.1) is 47.9 Å². The van der Waals surface area contributed by atoms with Crippen LogP contribution in [-0.4, -0.2) is 35.7 Å². The Kier molecular flexibility index (Phi) is 4.55. The zero-order valence-electron chi connectivity index (χ0n) is 16.7. The Morgan fingerprint density at radius 1 is 1.06 bits per heavy atom. The van der Waals surface area contributed by atoms with Crippen LogP contribution in [0.4, 0.5) is 5.69 Å². The summed E-state index contributed by atoms with van der Waals surface area (Å²) in [6.45, 7) is 2.95. The molecule has 0 unspecified atom stereocenters. The molecule has 1 aromatic carbocycles. The number of fused-ring (bicyclic) bond motifs is 2. The number of hydrogen-bond donors (Lipinski definition) is 0. The van der Waals surface area contributed by atoms with Crippen LogP contribution in [0.25, 0.3) is 27.8 Å². The fraction of sp³-hybridized carbons (Fsp3) is 0.136. The van der Waals surface area contributed by atoms with Gasteiger partial charge < -0.3 is 4.74 Å². The minimum Gasteiger partial charge on any atom is -0.494 e. The van der Waals surface area contributed by atoms with Crippen LogP contribution in [0, 0.1) is 10.1 Å². The number of nitrogens with zero attached hydrogens (tertiary/aromatic N) is 6. The number of aromatic nitrogens is 5. The van der Waals surface area contributed by atoms with Gasteiger partial charge in [0.15, 0.2) is 0 Å². The number of ether oxygens (including phenoxy) is 1. The van der Waals surface area contributed by atoms with Gasteiger partial charge in [0.25, 0.3) is 5.69 Å². The minimum atomic E-state index is -0.418. The van der Waals surface area contributed by atoms with E-state index < -0.39 is 4.92 Å². The minimum absolute atomic E-state index is 0.00945. The fourth-order valence-corrected chi connectivity index (χ4v) is 3.57. The van der Waals surface area contributed by atoms with E-state index in [4.69, 9.17) is 4.74 Å². The molecule has 0 fully saturated rings. The fourth-order valence-electron chi connectivity index (χ4n) is 3.57. The first kappa shape index (κ1) is 18.7. The van der Waals surface area contributed by atoms with Crippen LogP contribution in [0.1, 0.15) is 12.6 Å². The van der Waals surface area contributed by atoms with Crippen LogP contribution >= 0.6 is 0 Å². The molecule has 0 aliphatic carbocycles. The van der Waals surface area contributed by atoms with Crippen LogP contribution in [0.3, 0.4) is 0 Å². The Morgan fingerprint density at radius 3 is 2.81 bits per heavy atom. The third-order valence-corrected chi connectivity index (χ3v) is 5.06. The van der Waals surface area contributed by atoms with E-state index >= 15 is 0 Å². The first-order chi connectivity index (χ1) is 15.1. The second kappa shape index (κ2) is 7.52. The van der Waals surface area contributed by atoms with Crippen molar-refractivity contribution in [1.82, 2.24) is 24.1 Å². The molecule has 5 rings (SSSR count). The molecule has 154 valence electrons. The van der Waals surface area contributed by atoms with Crippen LogP contribution < -0.4 is 4.74 Å². The number of hydrogen-bond acceptors (Lipinski definition) is 6. The second-order valence-electron chi connectivity index (χ2n) is 7.01. The maximum Gasteiger partial charge on any atom is 0.286 e. The van der Waals surface area contributed by atoms with Gasteiger partial charge in [-0.25, -0.2) is 4.98 Å². The lowest BCUT2D eigenvalue weighted by molar-refractivity contribution is -0.385. The van der Waals surface area contributed by atoms with E-state index in [2.05, 4.69) is 15.1 Å². The lowest BCUT2D eigenvalue weighted by atomic mass is 10.1. The standard InChI is InChI=1S/C22H18N6O3/c1-2-31-19-5-3-4-15(8-19)16-9-21-20(23-10-16)12-25-27(21)14-18-11-24-22-7-6-17(28(29)30)13-26(18)22/h3-13H,2,14H2,1H3. The molecular formula is C22H18N6O3. The van der Waals surface area contributed by atoms with Gasteiger partial charge in [-0.2, -0.15) is 5.10 Å². The highest BCUT2D eigenvalue weighted by molar-refractivity contribution is 5.80. The highest BCUT2D eigenvalue weighted by atomic mass is 16.6. The van der Waals surface area contributed by atoms with Crippen LogP contribution in [0.5, 0.6) is 5.75 Å². The molecule has 0 spiro atoms. The molecule has 0 amide bonds. The van der Waals surface area contributed by atoms with E-state index in [0.29, 0.717) is 18.8 Å². The first-order valence-corrected chi connectivity index (χ1v) is 9.77. The highest BCUT2D eigenvalue weighted by Gasteiger charge is 2.13. The summed E-state index contributed by atoms with van der Waals surface area (Å²) in [5.74, 6) is 0.806. The molecule has 31 heavy (non-hydrogen) atoms. The summed E-state index contributed by atoms with van der Waals surface area (Å²) in [7, 11) is 0. The summed E-state index contributed by atoms with van der Waals surface area (Å²) in [6, 6.07) is 13.0. The van der Waals surface area contributed by atoms with Gasteiger partial charge in [-0.3, -0.25) is 24.2 Å². The topological polar surface area (TPSA) is 100 Å².